The number of hydrogen-bond donors (Lipinski definition) is 2. The van der Waals surface area contributed by atoms with Crippen molar-refractivity contribution in [1.82, 2.24) is 0 Å². The summed E-state index contributed by atoms with van der Waals surface area (Å²) in [6.07, 6.45) is 3.34. The Morgan fingerprint density at radius 3 is 1.96 bits per heavy atom. The number of methoxy groups -OCH3 is 5. The van der Waals surface area contributed by atoms with Gasteiger partial charge in [-0.3, -0.25) is 0 Å². The lowest BCUT2D eigenvalue weighted by Gasteiger charge is -2.35. The molecule has 4 atom stereocenters. The molecular formula is C39H46N2O7+2. The highest BCUT2D eigenvalue weighted by atomic mass is 16.6. The van der Waals surface area contributed by atoms with E-state index < -0.39 is 0 Å². The summed E-state index contributed by atoms with van der Waals surface area (Å²) in [6.45, 7) is 1.94. The summed E-state index contributed by atoms with van der Waals surface area (Å²) in [4.78, 5) is 2.81. The minimum atomic E-state index is 0.00353. The number of nitrogens with one attached hydrogen (secondary N) is 2. The van der Waals surface area contributed by atoms with Crippen molar-refractivity contribution in [3.63, 3.8) is 0 Å². The van der Waals surface area contributed by atoms with Gasteiger partial charge in [-0.05, 0) is 53.1 Å². The molecule has 0 aromatic heterocycles. The SMILES string of the molecule is COc1ccc2cc1Oc1ccc(cc1)C[C@H]1c3cc(c(OC)cc3CC[NH+]1C)Oc1c(OC)c(OC)c(OC)c3c1[C@H](C2)[NH+](C)CC3. The standard InChI is InChI=1S/C39H44N2O7/c1-40-16-14-25-21-32(43-4)34-22-28(25)29(40)18-23-8-11-26(12-9-23)47-33-20-24(10-13-31(33)42-3)19-30-35-27(15-17-41(30)2)36(44-5)38(45-6)39(46-7)37(35)48-34/h8-13,20-22,29-30H,14-19H2,1-7H3/p+2/t29-,30-/m0/s1. The summed E-state index contributed by atoms with van der Waals surface area (Å²) in [7, 11) is 12.9. The number of likely N-dealkylation sites (N-methyl/N-ethyl adjacent to an activating group) is 2. The van der Waals surface area contributed by atoms with E-state index in [1.165, 1.54) is 26.5 Å². The molecule has 4 aromatic rings. The zero-order chi connectivity index (χ0) is 33.5. The monoisotopic (exact) mass is 654 g/mol. The minimum absolute atomic E-state index is 0.00353. The van der Waals surface area contributed by atoms with Gasteiger partial charge in [-0.2, -0.15) is 0 Å². The molecule has 4 aliphatic rings. The Balaban J connectivity index is 1.50. The third kappa shape index (κ3) is 5.54. The third-order valence-corrected chi connectivity index (χ3v) is 10.4. The average molecular weight is 655 g/mol. The Kier molecular flexibility index (Phi) is 8.74. The van der Waals surface area contributed by atoms with E-state index in [9.17, 15) is 0 Å². The second kappa shape index (κ2) is 13.1. The fourth-order valence-corrected chi connectivity index (χ4v) is 7.83. The normalized spacial score (nSPS) is 21.1. The largest absolute Gasteiger partial charge is 0.493 e. The predicted molar refractivity (Wildman–Crippen MR) is 182 cm³/mol. The van der Waals surface area contributed by atoms with Gasteiger partial charge in [0.25, 0.3) is 0 Å². The van der Waals surface area contributed by atoms with Crippen LogP contribution in [0.5, 0.6) is 51.7 Å². The Morgan fingerprint density at radius 2 is 1.25 bits per heavy atom. The molecule has 0 fully saturated rings. The van der Waals surface area contributed by atoms with Gasteiger partial charge in [0.05, 0.1) is 68.3 Å². The first-order valence-electron chi connectivity index (χ1n) is 16.7. The number of ether oxygens (including phenoxy) is 7. The predicted octanol–water partition coefficient (Wildman–Crippen LogP) is 4.34. The van der Waals surface area contributed by atoms with Crippen LogP contribution >= 0.6 is 0 Å². The maximum absolute atomic E-state index is 7.10. The molecule has 9 heteroatoms. The zero-order valence-corrected chi connectivity index (χ0v) is 29.0. The molecule has 252 valence electrons. The van der Waals surface area contributed by atoms with Gasteiger partial charge < -0.3 is 43.0 Å². The molecule has 2 unspecified atom stereocenters. The van der Waals surface area contributed by atoms with Crippen molar-refractivity contribution in [1.29, 1.82) is 0 Å². The first-order chi connectivity index (χ1) is 23.4. The van der Waals surface area contributed by atoms with Gasteiger partial charge in [0.2, 0.25) is 11.5 Å². The molecule has 4 heterocycles. The smallest absolute Gasteiger partial charge is 0.208 e. The molecule has 0 spiro atoms. The second-order valence-electron chi connectivity index (χ2n) is 13.1. The molecule has 4 aromatic carbocycles. The van der Waals surface area contributed by atoms with Gasteiger partial charge in [0.1, 0.15) is 17.8 Å². The highest BCUT2D eigenvalue weighted by molar-refractivity contribution is 5.69. The lowest BCUT2D eigenvalue weighted by molar-refractivity contribution is -0.914. The Labute approximate surface area is 282 Å². The summed E-state index contributed by atoms with van der Waals surface area (Å²) >= 11 is 0. The quantitative estimate of drug-likeness (QED) is 0.332. The molecule has 2 N–H and O–H groups in total. The van der Waals surface area contributed by atoms with Gasteiger partial charge in [-0.1, -0.05) is 18.2 Å². The van der Waals surface area contributed by atoms with E-state index >= 15 is 0 Å². The molecule has 0 amide bonds. The summed E-state index contributed by atoms with van der Waals surface area (Å²) in [6, 6.07) is 19.2. The van der Waals surface area contributed by atoms with Gasteiger partial charge in [0, 0.05) is 36.8 Å². The molecule has 48 heavy (non-hydrogen) atoms. The first kappa shape index (κ1) is 32.0. The highest BCUT2D eigenvalue weighted by Gasteiger charge is 2.40. The molecule has 0 radical (unpaired) electrons. The number of quaternary nitrogens is 2. The van der Waals surface area contributed by atoms with Gasteiger partial charge >= 0.3 is 0 Å². The van der Waals surface area contributed by atoms with Crippen LogP contribution in [-0.4, -0.2) is 62.7 Å². The summed E-state index contributed by atoms with van der Waals surface area (Å²) in [5.41, 5.74) is 7.02. The number of hydrogen-bond acceptors (Lipinski definition) is 7. The summed E-state index contributed by atoms with van der Waals surface area (Å²) in [5, 5.41) is 0. The van der Waals surface area contributed by atoms with Crippen molar-refractivity contribution in [2.75, 3.05) is 62.7 Å². The minimum Gasteiger partial charge on any atom is -0.493 e. The fourth-order valence-electron chi connectivity index (χ4n) is 7.83. The fraction of sp³-hybridized carbons (Fsp3) is 0.385. The first-order valence-corrected chi connectivity index (χ1v) is 16.7. The summed E-state index contributed by atoms with van der Waals surface area (Å²) in [5.74, 6) is 5.82. The zero-order valence-electron chi connectivity index (χ0n) is 29.0. The van der Waals surface area contributed by atoms with E-state index in [-0.39, 0.29) is 12.1 Å². The van der Waals surface area contributed by atoms with E-state index in [1.807, 2.05) is 6.07 Å². The number of fused-ring (bicyclic) bond motifs is 2. The molecule has 9 nitrogen and oxygen atoms in total. The molecule has 6 bridgehead atoms. The van der Waals surface area contributed by atoms with Crippen LogP contribution in [0, 0.1) is 0 Å². The van der Waals surface area contributed by atoms with Crippen LogP contribution in [0.4, 0.5) is 0 Å². The van der Waals surface area contributed by atoms with Crippen molar-refractivity contribution in [2.45, 2.75) is 37.8 Å². The lowest BCUT2D eigenvalue weighted by Crippen LogP contribution is -3.10. The highest BCUT2D eigenvalue weighted by Crippen LogP contribution is 2.54. The van der Waals surface area contributed by atoms with Crippen molar-refractivity contribution in [2.24, 2.45) is 0 Å². The van der Waals surface area contributed by atoms with Crippen molar-refractivity contribution in [3.8, 4) is 51.7 Å². The Bertz CT molecular complexity index is 1820. The van der Waals surface area contributed by atoms with E-state index in [2.05, 4.69) is 62.6 Å². The molecular weight excluding hydrogens is 608 g/mol. The van der Waals surface area contributed by atoms with Crippen LogP contribution in [-0.2, 0) is 25.7 Å². The maximum Gasteiger partial charge on any atom is 0.208 e. The van der Waals surface area contributed by atoms with Crippen molar-refractivity contribution in [3.05, 3.63) is 88.0 Å². The third-order valence-electron chi connectivity index (χ3n) is 10.4. The average Bonchev–Trinajstić information content (AvgIpc) is 3.10. The van der Waals surface area contributed by atoms with Crippen LogP contribution in [0.3, 0.4) is 0 Å². The van der Waals surface area contributed by atoms with Gasteiger partial charge in [-0.25, -0.2) is 0 Å². The Morgan fingerprint density at radius 1 is 0.604 bits per heavy atom. The second-order valence-corrected chi connectivity index (χ2v) is 13.1. The van der Waals surface area contributed by atoms with E-state index in [0.29, 0.717) is 52.4 Å². The topological polar surface area (TPSA) is 73.5 Å². The van der Waals surface area contributed by atoms with Crippen LogP contribution in [0.15, 0.2) is 54.6 Å². The molecule has 0 saturated carbocycles. The molecule has 8 rings (SSSR count). The van der Waals surface area contributed by atoms with E-state index in [4.69, 9.17) is 33.2 Å². The van der Waals surface area contributed by atoms with E-state index in [1.54, 1.807) is 35.5 Å². The molecule has 0 aliphatic carbocycles. The lowest BCUT2D eigenvalue weighted by atomic mass is 9.86. The van der Waals surface area contributed by atoms with Crippen LogP contribution in [0.25, 0.3) is 0 Å². The molecule has 4 aliphatic heterocycles. The van der Waals surface area contributed by atoms with Gasteiger partial charge in [0.15, 0.2) is 34.5 Å². The maximum atomic E-state index is 7.10. The van der Waals surface area contributed by atoms with Crippen molar-refractivity contribution >= 4 is 0 Å². The van der Waals surface area contributed by atoms with Crippen molar-refractivity contribution < 1.29 is 43.0 Å². The number of benzene rings is 4. The van der Waals surface area contributed by atoms with Crippen LogP contribution in [0.2, 0.25) is 0 Å². The van der Waals surface area contributed by atoms with Crippen LogP contribution < -0.4 is 43.0 Å². The molecule has 0 saturated heterocycles. The Hall–Kier alpha value is -4.60. The van der Waals surface area contributed by atoms with Crippen LogP contribution in [0.1, 0.15) is 45.5 Å². The van der Waals surface area contributed by atoms with E-state index in [0.717, 1.165) is 54.8 Å². The van der Waals surface area contributed by atoms with Gasteiger partial charge in [-0.15, -0.1) is 0 Å². The number of rotatable bonds is 5. The summed E-state index contributed by atoms with van der Waals surface area (Å²) < 4.78 is 43.5.